The quantitative estimate of drug-likeness (QED) is 0.497. The second-order valence-electron chi connectivity index (χ2n) is 3.32. The Balaban J connectivity index is 2.18. The van der Waals surface area contributed by atoms with E-state index >= 15 is 0 Å². The number of amides is 4. The first-order chi connectivity index (χ1) is 6.65. The number of nitrogens with zero attached hydrogens (tertiary/aromatic N) is 2. The van der Waals surface area contributed by atoms with Gasteiger partial charge in [-0.25, -0.2) is 9.59 Å². The maximum absolute atomic E-state index is 11.6. The number of carbonyl (C=O) groups is 2. The lowest BCUT2D eigenvalue weighted by molar-refractivity contribution is 0.166. The van der Waals surface area contributed by atoms with Gasteiger partial charge in [0, 0.05) is 13.6 Å². The molecule has 0 unspecified atom stereocenters. The number of nitrogens with one attached hydrogen (secondary N) is 2. The van der Waals surface area contributed by atoms with Crippen molar-refractivity contribution < 1.29 is 14.7 Å². The van der Waals surface area contributed by atoms with Crippen molar-refractivity contribution in [2.45, 2.75) is 12.3 Å². The predicted molar refractivity (Wildman–Crippen MR) is 46.2 cm³/mol. The number of hydrogen-bond acceptors (Lipinski definition) is 3. The van der Waals surface area contributed by atoms with Gasteiger partial charge in [0.25, 0.3) is 0 Å². The zero-order valence-electron chi connectivity index (χ0n) is 7.73. The Morgan fingerprint density at radius 3 is 2.64 bits per heavy atom. The second kappa shape index (κ2) is 3.02. The van der Waals surface area contributed by atoms with Gasteiger partial charge in [0.15, 0.2) is 0 Å². The molecule has 78 valence electrons. The Hall–Kier alpha value is -1.50. The van der Waals surface area contributed by atoms with Crippen LogP contribution >= 0.6 is 0 Å². The molecule has 0 saturated carbocycles. The van der Waals surface area contributed by atoms with Crippen LogP contribution in [0.3, 0.4) is 0 Å². The molecule has 0 bridgehead atoms. The maximum atomic E-state index is 11.6. The topological polar surface area (TPSA) is 84.9 Å². The lowest BCUT2D eigenvalue weighted by atomic mass is 10.4. The van der Waals surface area contributed by atoms with E-state index in [1.54, 1.807) is 7.05 Å². The summed E-state index contributed by atoms with van der Waals surface area (Å²) in [4.78, 5) is 25.5. The molecule has 7 nitrogen and oxygen atoms in total. The molecule has 0 spiro atoms. The van der Waals surface area contributed by atoms with Crippen LogP contribution in [0.4, 0.5) is 9.59 Å². The first-order valence-electron chi connectivity index (χ1n) is 4.36. The molecular formula is C7H12N4O3. The van der Waals surface area contributed by atoms with Crippen LogP contribution in [0.25, 0.3) is 0 Å². The van der Waals surface area contributed by atoms with E-state index in [0.717, 1.165) is 0 Å². The van der Waals surface area contributed by atoms with Gasteiger partial charge < -0.3 is 20.6 Å². The van der Waals surface area contributed by atoms with Gasteiger partial charge in [-0.1, -0.05) is 0 Å². The average molecular weight is 200 g/mol. The van der Waals surface area contributed by atoms with Crippen molar-refractivity contribution in [3.63, 3.8) is 0 Å². The van der Waals surface area contributed by atoms with Crippen molar-refractivity contribution in [2.24, 2.45) is 0 Å². The third-order valence-electron chi connectivity index (χ3n) is 2.50. The minimum atomic E-state index is -0.368. The van der Waals surface area contributed by atoms with Crippen molar-refractivity contribution in [3.05, 3.63) is 0 Å². The molecule has 2 aliphatic heterocycles. The number of urea groups is 2. The fraction of sp³-hybridized carbons (Fsp3) is 0.714. The lowest BCUT2D eigenvalue weighted by Gasteiger charge is -2.19. The molecule has 2 aliphatic rings. The van der Waals surface area contributed by atoms with Crippen LogP contribution in [0.5, 0.6) is 0 Å². The van der Waals surface area contributed by atoms with Gasteiger partial charge in [-0.05, 0) is 0 Å². The number of aliphatic hydroxyl groups excluding tert-OH is 1. The molecule has 2 atom stereocenters. The molecule has 0 aromatic carbocycles. The molecule has 2 rings (SSSR count). The molecule has 0 aliphatic carbocycles. The number of hydrogen-bond donors (Lipinski definition) is 3. The Morgan fingerprint density at radius 1 is 1.36 bits per heavy atom. The summed E-state index contributed by atoms with van der Waals surface area (Å²) in [6, 6.07) is -0.483. The molecule has 14 heavy (non-hydrogen) atoms. The van der Waals surface area contributed by atoms with Crippen LogP contribution in [0.2, 0.25) is 0 Å². The van der Waals surface area contributed by atoms with E-state index < -0.39 is 0 Å². The minimum Gasteiger partial charge on any atom is -0.395 e. The summed E-state index contributed by atoms with van der Waals surface area (Å²) >= 11 is 0. The van der Waals surface area contributed by atoms with Crippen molar-refractivity contribution in [3.8, 4) is 0 Å². The molecule has 3 N–H and O–H groups in total. The van der Waals surface area contributed by atoms with Crippen LogP contribution < -0.4 is 10.6 Å². The van der Waals surface area contributed by atoms with Gasteiger partial charge in [0.05, 0.1) is 6.61 Å². The van der Waals surface area contributed by atoms with Crippen LogP contribution in [0.1, 0.15) is 0 Å². The van der Waals surface area contributed by atoms with Gasteiger partial charge >= 0.3 is 12.1 Å². The van der Waals surface area contributed by atoms with E-state index in [4.69, 9.17) is 5.11 Å². The summed E-state index contributed by atoms with van der Waals surface area (Å²) in [5, 5.41) is 14.0. The molecule has 0 radical (unpaired) electrons. The predicted octanol–water partition coefficient (Wildman–Crippen LogP) is -1.69. The fourth-order valence-electron chi connectivity index (χ4n) is 1.81. The van der Waals surface area contributed by atoms with E-state index in [2.05, 4.69) is 10.6 Å². The number of rotatable bonds is 2. The summed E-state index contributed by atoms with van der Waals surface area (Å²) in [6.07, 6.45) is -0.700. The van der Waals surface area contributed by atoms with Crippen LogP contribution in [-0.4, -0.2) is 59.5 Å². The first kappa shape index (κ1) is 9.07. The lowest BCUT2D eigenvalue weighted by Crippen LogP contribution is -2.44. The van der Waals surface area contributed by atoms with Crippen molar-refractivity contribution in [2.75, 3.05) is 20.2 Å². The number of likely N-dealkylation sites (N-methyl/N-ethyl adjacent to an activating group) is 1. The summed E-state index contributed by atoms with van der Waals surface area (Å²) < 4.78 is 0. The summed E-state index contributed by atoms with van der Waals surface area (Å²) in [7, 11) is 1.62. The number of carbonyl (C=O) groups excluding carboxylic acids is 2. The number of fused-ring (bicyclic) bond motifs is 1. The largest absolute Gasteiger partial charge is 0.395 e. The minimum absolute atomic E-state index is 0.112. The molecule has 7 heteroatoms. The van der Waals surface area contributed by atoms with Gasteiger partial charge in [0.1, 0.15) is 12.3 Å². The normalized spacial score (nSPS) is 30.4. The summed E-state index contributed by atoms with van der Waals surface area (Å²) in [5.41, 5.74) is 0. The van der Waals surface area contributed by atoms with Gasteiger partial charge in [-0.3, -0.25) is 4.90 Å². The molecule has 2 fully saturated rings. The van der Waals surface area contributed by atoms with E-state index in [-0.39, 0.29) is 37.5 Å². The van der Waals surface area contributed by atoms with Crippen molar-refractivity contribution in [1.82, 2.24) is 20.4 Å². The standard InChI is InChI=1S/C7H12N4O3/c1-10-4-5(9-6(13)8-4)11(2-3-12)7(10)14/h4-5,12H,2-3H2,1H3,(H2,8,9,13)/t4-,5+/m1/s1. The molecule has 2 heterocycles. The highest BCUT2D eigenvalue weighted by atomic mass is 16.3. The van der Waals surface area contributed by atoms with Gasteiger partial charge in [-0.15, -0.1) is 0 Å². The zero-order valence-corrected chi connectivity index (χ0v) is 7.73. The van der Waals surface area contributed by atoms with Gasteiger partial charge in [-0.2, -0.15) is 0 Å². The molecular weight excluding hydrogens is 188 g/mol. The highest BCUT2D eigenvalue weighted by Crippen LogP contribution is 2.20. The monoisotopic (exact) mass is 200 g/mol. The van der Waals surface area contributed by atoms with Crippen molar-refractivity contribution in [1.29, 1.82) is 0 Å². The van der Waals surface area contributed by atoms with Crippen LogP contribution in [0.15, 0.2) is 0 Å². The van der Waals surface area contributed by atoms with E-state index in [9.17, 15) is 9.59 Å². The fourth-order valence-corrected chi connectivity index (χ4v) is 1.81. The van der Waals surface area contributed by atoms with Crippen molar-refractivity contribution >= 4 is 12.1 Å². The van der Waals surface area contributed by atoms with E-state index in [0.29, 0.717) is 0 Å². The highest BCUT2D eigenvalue weighted by Gasteiger charge is 2.48. The number of aliphatic hydroxyl groups is 1. The number of β-amino-alcohol motifs (C(OH)–C–C–N with tert-alkyl or cyclic N) is 1. The summed E-state index contributed by atoms with van der Waals surface area (Å²) in [5.74, 6) is 0. The Labute approximate surface area is 80.7 Å². The SMILES string of the molecule is CN1C(=O)N(CCO)[C@@H]2NC(=O)N[C@@H]21. The van der Waals surface area contributed by atoms with Crippen LogP contribution in [0, 0.1) is 0 Å². The molecule has 0 aromatic heterocycles. The Bertz CT molecular complexity index is 282. The molecule has 4 amide bonds. The highest BCUT2D eigenvalue weighted by molar-refractivity contribution is 5.84. The maximum Gasteiger partial charge on any atom is 0.323 e. The second-order valence-corrected chi connectivity index (χ2v) is 3.32. The first-order valence-corrected chi connectivity index (χ1v) is 4.36. The van der Waals surface area contributed by atoms with Gasteiger partial charge in [0.2, 0.25) is 0 Å². The molecule has 0 aromatic rings. The Kier molecular flexibility index (Phi) is 1.95. The third-order valence-corrected chi connectivity index (χ3v) is 2.50. The third kappa shape index (κ3) is 1.09. The van der Waals surface area contributed by atoms with Crippen LogP contribution in [-0.2, 0) is 0 Å². The smallest absolute Gasteiger partial charge is 0.323 e. The molecule has 2 saturated heterocycles. The van der Waals surface area contributed by atoms with E-state index in [1.807, 2.05) is 0 Å². The summed E-state index contributed by atoms with van der Waals surface area (Å²) in [6.45, 7) is 0.116. The Morgan fingerprint density at radius 2 is 2.00 bits per heavy atom. The zero-order chi connectivity index (χ0) is 10.3. The average Bonchev–Trinajstić information content (AvgIpc) is 2.61. The van der Waals surface area contributed by atoms with E-state index in [1.165, 1.54) is 9.80 Å².